The van der Waals surface area contributed by atoms with Gasteiger partial charge in [-0.05, 0) is 36.3 Å². The number of benzene rings is 2. The molecule has 27 heavy (non-hydrogen) atoms. The highest BCUT2D eigenvalue weighted by atomic mass is 16.6. The predicted molar refractivity (Wildman–Crippen MR) is 102 cm³/mol. The minimum Gasteiger partial charge on any atom is -0.348 e. The van der Waals surface area contributed by atoms with Crippen LogP contribution in [0.3, 0.4) is 0 Å². The lowest BCUT2D eigenvalue weighted by atomic mass is 10.2. The lowest BCUT2D eigenvalue weighted by molar-refractivity contribution is -0.384. The average molecular weight is 362 g/mol. The zero-order chi connectivity index (χ0) is 19.2. The summed E-state index contributed by atoms with van der Waals surface area (Å²) in [6, 6.07) is 13.9. The maximum atomic E-state index is 12.0. The second kappa shape index (κ2) is 8.09. The molecule has 0 aliphatic carbocycles. The van der Waals surface area contributed by atoms with Crippen LogP contribution in [-0.2, 0) is 11.3 Å². The van der Waals surface area contributed by atoms with Crippen molar-refractivity contribution in [2.24, 2.45) is 0 Å². The van der Waals surface area contributed by atoms with Crippen LogP contribution in [0.15, 0.2) is 67.0 Å². The summed E-state index contributed by atoms with van der Waals surface area (Å²) in [7, 11) is 0. The summed E-state index contributed by atoms with van der Waals surface area (Å²) in [6.45, 7) is 2.32. The number of nitro groups is 1. The number of nitrogens with zero attached hydrogens (tertiary/aromatic N) is 3. The van der Waals surface area contributed by atoms with Gasteiger partial charge in [-0.3, -0.25) is 14.9 Å². The molecule has 0 aliphatic heterocycles. The number of imidazole rings is 1. The van der Waals surface area contributed by atoms with Crippen molar-refractivity contribution in [1.82, 2.24) is 14.9 Å². The third-order valence-corrected chi connectivity index (χ3v) is 4.02. The standard InChI is InChI=1S/C20H18N4O3/c1-15-21-11-12-23(15)18-8-5-17(6-9-18)14-22-20(25)10-7-16-3-2-4-19(13-16)24(26)27/h2-13H,14H2,1H3,(H,22,25)/b10-7+. The Labute approximate surface area is 156 Å². The van der Waals surface area contributed by atoms with Crippen LogP contribution in [0.4, 0.5) is 5.69 Å². The van der Waals surface area contributed by atoms with Gasteiger partial charge in [0.1, 0.15) is 5.82 Å². The highest BCUT2D eigenvalue weighted by molar-refractivity contribution is 5.91. The van der Waals surface area contributed by atoms with E-state index in [0.717, 1.165) is 17.1 Å². The minimum atomic E-state index is -0.466. The van der Waals surface area contributed by atoms with Crippen LogP contribution in [0.1, 0.15) is 17.0 Å². The van der Waals surface area contributed by atoms with E-state index < -0.39 is 4.92 Å². The summed E-state index contributed by atoms with van der Waals surface area (Å²) in [5.74, 6) is 0.637. The zero-order valence-corrected chi connectivity index (χ0v) is 14.7. The highest BCUT2D eigenvalue weighted by Gasteiger charge is 2.04. The Kier molecular flexibility index (Phi) is 5.41. The van der Waals surface area contributed by atoms with Gasteiger partial charge in [-0.25, -0.2) is 4.98 Å². The van der Waals surface area contributed by atoms with Gasteiger partial charge in [0.25, 0.3) is 5.69 Å². The number of non-ortho nitro benzene ring substituents is 1. The Morgan fingerprint density at radius 3 is 2.70 bits per heavy atom. The van der Waals surface area contributed by atoms with Gasteiger partial charge < -0.3 is 9.88 Å². The fourth-order valence-corrected chi connectivity index (χ4v) is 2.59. The smallest absolute Gasteiger partial charge is 0.270 e. The Bertz CT molecular complexity index is 990. The number of carbonyl (C=O) groups excluding carboxylic acids is 1. The van der Waals surface area contributed by atoms with E-state index in [2.05, 4.69) is 10.3 Å². The van der Waals surface area contributed by atoms with Crippen molar-refractivity contribution in [3.05, 3.63) is 94.1 Å². The second-order valence-electron chi connectivity index (χ2n) is 5.91. The molecule has 1 aromatic heterocycles. The second-order valence-corrected chi connectivity index (χ2v) is 5.91. The first-order chi connectivity index (χ1) is 13.0. The first-order valence-corrected chi connectivity index (χ1v) is 8.32. The summed E-state index contributed by atoms with van der Waals surface area (Å²) in [5.41, 5.74) is 2.56. The molecule has 0 unspecified atom stereocenters. The Morgan fingerprint density at radius 1 is 1.26 bits per heavy atom. The van der Waals surface area contributed by atoms with Crippen molar-refractivity contribution in [2.75, 3.05) is 0 Å². The van der Waals surface area contributed by atoms with Gasteiger partial charge in [0.2, 0.25) is 5.91 Å². The maximum absolute atomic E-state index is 12.0. The number of carbonyl (C=O) groups is 1. The molecule has 1 amide bonds. The van der Waals surface area contributed by atoms with Crippen LogP contribution in [0.25, 0.3) is 11.8 Å². The van der Waals surface area contributed by atoms with Crippen LogP contribution in [-0.4, -0.2) is 20.4 Å². The van der Waals surface area contributed by atoms with Crippen molar-refractivity contribution in [3.63, 3.8) is 0 Å². The summed E-state index contributed by atoms with van der Waals surface area (Å²) < 4.78 is 1.98. The normalized spacial score (nSPS) is 10.9. The Hall–Kier alpha value is -3.74. The maximum Gasteiger partial charge on any atom is 0.270 e. The number of nitrogens with one attached hydrogen (secondary N) is 1. The van der Waals surface area contributed by atoms with Crippen molar-refractivity contribution in [3.8, 4) is 5.69 Å². The van der Waals surface area contributed by atoms with Gasteiger partial charge in [0.05, 0.1) is 4.92 Å². The van der Waals surface area contributed by atoms with Crippen LogP contribution in [0.2, 0.25) is 0 Å². The van der Waals surface area contributed by atoms with Crippen molar-refractivity contribution in [1.29, 1.82) is 0 Å². The van der Waals surface area contributed by atoms with Crippen molar-refractivity contribution < 1.29 is 9.72 Å². The first kappa shape index (κ1) is 18.1. The molecule has 1 heterocycles. The van der Waals surface area contributed by atoms with Gasteiger partial charge >= 0.3 is 0 Å². The quantitative estimate of drug-likeness (QED) is 0.413. The fraction of sp³-hybridized carbons (Fsp3) is 0.100. The molecular formula is C20H18N4O3. The van der Waals surface area contributed by atoms with E-state index in [1.165, 1.54) is 18.2 Å². The van der Waals surface area contributed by atoms with E-state index in [9.17, 15) is 14.9 Å². The predicted octanol–water partition coefficient (Wildman–Crippen LogP) is 3.42. The number of hydrogen-bond acceptors (Lipinski definition) is 4. The van der Waals surface area contributed by atoms with Gasteiger partial charge in [-0.15, -0.1) is 0 Å². The Balaban J connectivity index is 1.57. The highest BCUT2D eigenvalue weighted by Crippen LogP contribution is 2.14. The number of rotatable bonds is 6. The largest absolute Gasteiger partial charge is 0.348 e. The molecule has 136 valence electrons. The lowest BCUT2D eigenvalue weighted by Gasteiger charge is -2.07. The third-order valence-electron chi connectivity index (χ3n) is 4.02. The molecule has 0 aliphatic rings. The topological polar surface area (TPSA) is 90.1 Å². The number of aromatic nitrogens is 2. The van der Waals surface area contributed by atoms with Crippen LogP contribution >= 0.6 is 0 Å². The summed E-state index contributed by atoms with van der Waals surface area (Å²) in [4.78, 5) is 26.5. The molecule has 0 atom stereocenters. The van der Waals surface area contributed by atoms with E-state index in [1.54, 1.807) is 24.4 Å². The molecule has 3 rings (SSSR count). The monoisotopic (exact) mass is 362 g/mol. The summed E-state index contributed by atoms with van der Waals surface area (Å²) in [6.07, 6.45) is 6.55. The van der Waals surface area contributed by atoms with Gasteiger partial charge in [-0.2, -0.15) is 0 Å². The number of nitro benzene ring substituents is 1. The molecule has 0 bridgehead atoms. The number of amides is 1. The molecule has 2 aromatic carbocycles. The number of hydrogen-bond donors (Lipinski definition) is 1. The van der Waals surface area contributed by atoms with Gasteiger partial charge in [-0.1, -0.05) is 24.3 Å². The molecule has 1 N–H and O–H groups in total. The fourth-order valence-electron chi connectivity index (χ4n) is 2.59. The molecular weight excluding hydrogens is 344 g/mol. The molecule has 0 saturated carbocycles. The van der Waals surface area contributed by atoms with Crippen LogP contribution in [0.5, 0.6) is 0 Å². The molecule has 7 nitrogen and oxygen atoms in total. The van der Waals surface area contributed by atoms with E-state index in [0.29, 0.717) is 12.1 Å². The first-order valence-electron chi connectivity index (χ1n) is 8.32. The average Bonchev–Trinajstić information content (AvgIpc) is 3.11. The number of aryl methyl sites for hydroxylation is 1. The van der Waals surface area contributed by atoms with E-state index in [1.807, 2.05) is 42.0 Å². The summed E-state index contributed by atoms with van der Waals surface area (Å²) in [5, 5.41) is 13.6. The molecule has 7 heteroatoms. The van der Waals surface area contributed by atoms with Crippen LogP contribution in [0, 0.1) is 17.0 Å². The lowest BCUT2D eigenvalue weighted by Crippen LogP contribution is -2.20. The van der Waals surface area contributed by atoms with Crippen molar-refractivity contribution in [2.45, 2.75) is 13.5 Å². The molecule has 0 fully saturated rings. The zero-order valence-electron chi connectivity index (χ0n) is 14.7. The summed E-state index contributed by atoms with van der Waals surface area (Å²) >= 11 is 0. The third kappa shape index (κ3) is 4.66. The molecule has 0 spiro atoms. The van der Waals surface area contributed by atoms with E-state index >= 15 is 0 Å². The van der Waals surface area contributed by atoms with Gasteiger partial charge in [0, 0.05) is 42.8 Å². The van der Waals surface area contributed by atoms with Crippen LogP contribution < -0.4 is 5.32 Å². The van der Waals surface area contributed by atoms with Crippen molar-refractivity contribution >= 4 is 17.7 Å². The minimum absolute atomic E-state index is 0.00854. The molecule has 0 saturated heterocycles. The van der Waals surface area contributed by atoms with E-state index in [4.69, 9.17) is 0 Å². The molecule has 3 aromatic rings. The molecule has 0 radical (unpaired) electrons. The van der Waals surface area contributed by atoms with E-state index in [-0.39, 0.29) is 11.6 Å². The SMILES string of the molecule is Cc1nccn1-c1ccc(CNC(=O)/C=C/c2cccc([N+](=O)[O-])c2)cc1. The van der Waals surface area contributed by atoms with Gasteiger partial charge in [0.15, 0.2) is 0 Å². The Morgan fingerprint density at radius 2 is 2.04 bits per heavy atom.